The van der Waals surface area contributed by atoms with Crippen molar-refractivity contribution in [3.63, 3.8) is 0 Å². The van der Waals surface area contributed by atoms with Gasteiger partial charge in [0.1, 0.15) is 0 Å². The Morgan fingerprint density at radius 3 is 2.83 bits per heavy atom. The highest BCUT2D eigenvalue weighted by Crippen LogP contribution is 2.12. The largest absolute Gasteiger partial charge is 0.398 e. The maximum Gasteiger partial charge on any atom is 0.251 e. The van der Waals surface area contributed by atoms with E-state index in [9.17, 15) is 4.79 Å². The third-order valence-corrected chi connectivity index (χ3v) is 3.01. The van der Waals surface area contributed by atoms with Crippen molar-refractivity contribution in [2.45, 2.75) is 26.7 Å². The third kappa shape index (κ3) is 4.37. The van der Waals surface area contributed by atoms with E-state index in [1.54, 1.807) is 12.1 Å². The van der Waals surface area contributed by atoms with Gasteiger partial charge in [-0.05, 0) is 43.4 Å². The number of hydrogen-bond donors (Lipinski definition) is 3. The monoisotopic (exact) mass is 250 g/mol. The van der Waals surface area contributed by atoms with Crippen molar-refractivity contribution < 1.29 is 9.90 Å². The topological polar surface area (TPSA) is 75.3 Å². The summed E-state index contributed by atoms with van der Waals surface area (Å²) in [5, 5.41) is 11.7. The Hall–Kier alpha value is -1.55. The van der Waals surface area contributed by atoms with E-state index in [2.05, 4.69) is 5.32 Å². The summed E-state index contributed by atoms with van der Waals surface area (Å²) in [6.45, 7) is 4.72. The quantitative estimate of drug-likeness (QED) is 0.531. The molecule has 0 saturated heterocycles. The molecule has 1 aromatic rings. The fourth-order valence-corrected chi connectivity index (χ4v) is 1.63. The molecule has 1 unspecified atom stereocenters. The van der Waals surface area contributed by atoms with Gasteiger partial charge in [-0.1, -0.05) is 13.0 Å². The van der Waals surface area contributed by atoms with Crippen molar-refractivity contribution in [1.29, 1.82) is 0 Å². The number of benzene rings is 1. The highest BCUT2D eigenvalue weighted by atomic mass is 16.3. The van der Waals surface area contributed by atoms with Crippen LogP contribution in [-0.2, 0) is 0 Å². The molecule has 1 atom stereocenters. The maximum absolute atomic E-state index is 11.8. The van der Waals surface area contributed by atoms with Crippen molar-refractivity contribution in [2.24, 2.45) is 5.92 Å². The zero-order valence-electron chi connectivity index (χ0n) is 11.1. The molecule has 0 heterocycles. The second kappa shape index (κ2) is 7.01. The molecule has 0 aromatic heterocycles. The Kier molecular flexibility index (Phi) is 5.65. The molecule has 0 fully saturated rings. The van der Waals surface area contributed by atoms with E-state index in [0.29, 0.717) is 17.8 Å². The van der Waals surface area contributed by atoms with Crippen LogP contribution in [-0.4, -0.2) is 24.2 Å². The number of nitrogens with one attached hydrogen (secondary N) is 1. The van der Waals surface area contributed by atoms with Gasteiger partial charge >= 0.3 is 0 Å². The van der Waals surface area contributed by atoms with Gasteiger partial charge in [-0.2, -0.15) is 0 Å². The van der Waals surface area contributed by atoms with E-state index >= 15 is 0 Å². The molecule has 0 radical (unpaired) electrons. The lowest BCUT2D eigenvalue weighted by atomic mass is 10.1. The molecule has 0 spiro atoms. The van der Waals surface area contributed by atoms with Crippen LogP contribution in [0.25, 0.3) is 0 Å². The van der Waals surface area contributed by atoms with Gasteiger partial charge in [0.15, 0.2) is 0 Å². The van der Waals surface area contributed by atoms with Gasteiger partial charge in [0.2, 0.25) is 0 Å². The molecule has 4 N–H and O–H groups in total. The summed E-state index contributed by atoms with van der Waals surface area (Å²) in [7, 11) is 0. The number of aliphatic hydroxyl groups excluding tert-OH is 1. The molecule has 4 nitrogen and oxygen atoms in total. The first-order valence-electron chi connectivity index (χ1n) is 6.29. The minimum Gasteiger partial charge on any atom is -0.398 e. The Morgan fingerprint density at radius 2 is 2.22 bits per heavy atom. The first-order valence-corrected chi connectivity index (χ1v) is 6.29. The Morgan fingerprint density at radius 1 is 1.50 bits per heavy atom. The SMILES string of the molecule is Cc1ccc(C(=O)NCCCC(C)CO)cc1N. The summed E-state index contributed by atoms with van der Waals surface area (Å²) in [5.74, 6) is 0.190. The van der Waals surface area contributed by atoms with E-state index in [4.69, 9.17) is 10.8 Å². The first-order chi connectivity index (χ1) is 8.54. The number of carbonyl (C=O) groups excluding carboxylic acids is 1. The fraction of sp³-hybridized carbons (Fsp3) is 0.500. The third-order valence-electron chi connectivity index (χ3n) is 3.01. The van der Waals surface area contributed by atoms with E-state index in [-0.39, 0.29) is 18.4 Å². The highest BCUT2D eigenvalue weighted by molar-refractivity contribution is 5.95. The number of rotatable bonds is 6. The van der Waals surface area contributed by atoms with Gasteiger partial charge in [0, 0.05) is 24.4 Å². The minimum atomic E-state index is -0.0987. The zero-order valence-corrected chi connectivity index (χ0v) is 11.1. The standard InChI is InChI=1S/C14H22N2O2/c1-10(9-17)4-3-7-16-14(18)12-6-5-11(2)13(15)8-12/h5-6,8,10,17H,3-4,7,9,15H2,1-2H3,(H,16,18). The van der Waals surface area contributed by atoms with Gasteiger partial charge < -0.3 is 16.2 Å². The molecule has 1 aromatic carbocycles. The number of hydrogen-bond acceptors (Lipinski definition) is 3. The molecule has 0 aliphatic carbocycles. The van der Waals surface area contributed by atoms with Crippen molar-refractivity contribution >= 4 is 11.6 Å². The van der Waals surface area contributed by atoms with Crippen molar-refractivity contribution in [3.8, 4) is 0 Å². The minimum absolute atomic E-state index is 0.0987. The zero-order chi connectivity index (χ0) is 13.5. The molecule has 1 amide bonds. The van der Waals surface area contributed by atoms with Gasteiger partial charge in [0.05, 0.1) is 0 Å². The molecule has 0 bridgehead atoms. The van der Waals surface area contributed by atoms with Gasteiger partial charge in [-0.25, -0.2) is 0 Å². The summed E-state index contributed by atoms with van der Waals surface area (Å²) in [4.78, 5) is 11.8. The van der Waals surface area contributed by atoms with E-state index in [1.807, 2.05) is 19.9 Å². The van der Waals surface area contributed by atoms with E-state index in [1.165, 1.54) is 0 Å². The summed E-state index contributed by atoms with van der Waals surface area (Å²) >= 11 is 0. The second-order valence-corrected chi connectivity index (χ2v) is 4.76. The number of anilines is 1. The lowest BCUT2D eigenvalue weighted by molar-refractivity contribution is 0.0952. The van der Waals surface area contributed by atoms with Crippen molar-refractivity contribution in [2.75, 3.05) is 18.9 Å². The normalized spacial score (nSPS) is 12.2. The number of nitrogen functional groups attached to an aromatic ring is 1. The Balaban J connectivity index is 2.39. The van der Waals surface area contributed by atoms with Gasteiger partial charge in [-0.15, -0.1) is 0 Å². The van der Waals surface area contributed by atoms with Gasteiger partial charge in [0.25, 0.3) is 5.91 Å². The fourth-order valence-electron chi connectivity index (χ4n) is 1.63. The summed E-state index contributed by atoms with van der Waals surface area (Å²) in [6.07, 6.45) is 1.78. The lowest BCUT2D eigenvalue weighted by Crippen LogP contribution is -2.25. The van der Waals surface area contributed by atoms with Crippen LogP contribution in [0.15, 0.2) is 18.2 Å². The summed E-state index contributed by atoms with van der Waals surface area (Å²) in [5.41, 5.74) is 7.97. The lowest BCUT2D eigenvalue weighted by Gasteiger charge is -2.09. The van der Waals surface area contributed by atoms with Crippen LogP contribution < -0.4 is 11.1 Å². The highest BCUT2D eigenvalue weighted by Gasteiger charge is 2.06. The number of aryl methyl sites for hydroxylation is 1. The van der Waals surface area contributed by atoms with Crippen LogP contribution in [0.5, 0.6) is 0 Å². The molecule has 4 heteroatoms. The van der Waals surface area contributed by atoms with Crippen LogP contribution in [0.4, 0.5) is 5.69 Å². The predicted octanol–water partition coefficient (Wildman–Crippen LogP) is 1.72. The summed E-state index contributed by atoms with van der Waals surface area (Å²) in [6, 6.07) is 5.32. The molecule has 0 aliphatic heterocycles. The predicted molar refractivity (Wildman–Crippen MR) is 73.4 cm³/mol. The Labute approximate surface area is 108 Å². The number of nitrogens with two attached hydrogens (primary N) is 1. The van der Waals surface area contributed by atoms with E-state index < -0.39 is 0 Å². The van der Waals surface area contributed by atoms with Crippen molar-refractivity contribution in [3.05, 3.63) is 29.3 Å². The maximum atomic E-state index is 11.8. The smallest absolute Gasteiger partial charge is 0.251 e. The van der Waals surface area contributed by atoms with Crippen LogP contribution in [0.3, 0.4) is 0 Å². The van der Waals surface area contributed by atoms with Crippen LogP contribution in [0.2, 0.25) is 0 Å². The summed E-state index contributed by atoms with van der Waals surface area (Å²) < 4.78 is 0. The molecular formula is C14H22N2O2. The van der Waals surface area contributed by atoms with Gasteiger partial charge in [-0.3, -0.25) is 4.79 Å². The molecule has 18 heavy (non-hydrogen) atoms. The first kappa shape index (κ1) is 14.5. The van der Waals surface area contributed by atoms with Crippen LogP contribution in [0, 0.1) is 12.8 Å². The molecule has 100 valence electrons. The number of amides is 1. The molecule has 0 aliphatic rings. The van der Waals surface area contributed by atoms with Crippen LogP contribution in [0.1, 0.15) is 35.7 Å². The van der Waals surface area contributed by atoms with E-state index in [0.717, 1.165) is 18.4 Å². The van der Waals surface area contributed by atoms with Crippen LogP contribution >= 0.6 is 0 Å². The average molecular weight is 250 g/mol. The number of aliphatic hydroxyl groups is 1. The molecule has 0 saturated carbocycles. The average Bonchev–Trinajstić information content (AvgIpc) is 2.37. The number of carbonyl (C=O) groups is 1. The molecule has 1 rings (SSSR count). The second-order valence-electron chi connectivity index (χ2n) is 4.76. The van der Waals surface area contributed by atoms with Crippen molar-refractivity contribution in [1.82, 2.24) is 5.32 Å². The molecular weight excluding hydrogens is 228 g/mol. The Bertz CT molecular complexity index is 405.